The van der Waals surface area contributed by atoms with Gasteiger partial charge in [0.15, 0.2) is 0 Å². The van der Waals surface area contributed by atoms with Crippen LogP contribution in [-0.4, -0.2) is 47.0 Å². The molecule has 2 heterocycles. The van der Waals surface area contributed by atoms with Crippen LogP contribution in [0.15, 0.2) is 24.3 Å². The summed E-state index contributed by atoms with van der Waals surface area (Å²) in [6.45, 7) is 4.21. The van der Waals surface area contributed by atoms with Gasteiger partial charge in [0, 0.05) is 31.3 Å². The van der Waals surface area contributed by atoms with Crippen molar-refractivity contribution in [1.29, 1.82) is 0 Å². The van der Waals surface area contributed by atoms with E-state index in [1.807, 2.05) is 13.0 Å². The lowest BCUT2D eigenvalue weighted by atomic mass is 10.1. The highest BCUT2D eigenvalue weighted by Gasteiger charge is 2.16. The maximum atomic E-state index is 12.2. The van der Waals surface area contributed by atoms with Crippen molar-refractivity contribution >= 4 is 29.0 Å². The normalized spacial score (nSPS) is 13.8. The van der Waals surface area contributed by atoms with Crippen LogP contribution in [0.4, 0.5) is 11.5 Å². The van der Waals surface area contributed by atoms with Crippen LogP contribution in [0.5, 0.6) is 5.88 Å². The van der Waals surface area contributed by atoms with Crippen molar-refractivity contribution in [3.8, 4) is 5.88 Å². The van der Waals surface area contributed by atoms with Gasteiger partial charge in [0.25, 0.3) is 11.6 Å². The predicted molar refractivity (Wildman–Crippen MR) is 109 cm³/mol. The summed E-state index contributed by atoms with van der Waals surface area (Å²) in [5, 5.41) is 13.4. The maximum absolute atomic E-state index is 12.2. The molecule has 3 rings (SSSR count). The van der Waals surface area contributed by atoms with E-state index in [2.05, 4.69) is 20.2 Å². The third-order valence-electron chi connectivity index (χ3n) is 4.53. The first-order valence-electron chi connectivity index (χ1n) is 9.39. The third-order valence-corrected chi connectivity index (χ3v) is 4.84. The molecular weight excluding hydrogens is 398 g/mol. The van der Waals surface area contributed by atoms with Gasteiger partial charge in [-0.25, -0.2) is 4.98 Å². The number of piperidine rings is 1. The Morgan fingerprint density at radius 2 is 2.03 bits per heavy atom. The van der Waals surface area contributed by atoms with Crippen LogP contribution < -0.4 is 15.0 Å². The number of hydrogen-bond acceptors (Lipinski definition) is 7. The first kappa shape index (κ1) is 20.8. The molecule has 1 saturated heterocycles. The molecule has 1 aliphatic heterocycles. The van der Waals surface area contributed by atoms with Crippen molar-refractivity contribution in [2.24, 2.45) is 0 Å². The van der Waals surface area contributed by atoms with Gasteiger partial charge < -0.3 is 15.0 Å². The molecule has 1 N–H and O–H groups in total. The fourth-order valence-electron chi connectivity index (χ4n) is 3.10. The Hall–Kier alpha value is -2.94. The second-order valence-corrected chi connectivity index (χ2v) is 7.09. The van der Waals surface area contributed by atoms with E-state index in [1.165, 1.54) is 18.6 Å². The zero-order chi connectivity index (χ0) is 20.8. The minimum Gasteiger partial charge on any atom is -0.476 e. The average Bonchev–Trinajstić information content (AvgIpc) is 2.71. The Morgan fingerprint density at radius 1 is 1.28 bits per heavy atom. The molecule has 1 aromatic heterocycles. The summed E-state index contributed by atoms with van der Waals surface area (Å²) >= 11 is 5.97. The minimum absolute atomic E-state index is 0.0233. The number of rotatable bonds is 7. The number of amides is 1. The number of carbonyl (C=O) groups excluding carboxylic acids is 1. The molecule has 29 heavy (non-hydrogen) atoms. The predicted octanol–water partition coefficient (Wildman–Crippen LogP) is 3.15. The van der Waals surface area contributed by atoms with E-state index in [-0.39, 0.29) is 29.4 Å². The van der Waals surface area contributed by atoms with Gasteiger partial charge in [0.1, 0.15) is 18.2 Å². The zero-order valence-electron chi connectivity index (χ0n) is 16.1. The Morgan fingerprint density at radius 3 is 2.72 bits per heavy atom. The Balaban J connectivity index is 1.53. The van der Waals surface area contributed by atoms with E-state index in [4.69, 9.17) is 16.3 Å². The van der Waals surface area contributed by atoms with E-state index in [9.17, 15) is 14.9 Å². The van der Waals surface area contributed by atoms with Crippen LogP contribution in [0.2, 0.25) is 5.02 Å². The molecule has 0 saturated carbocycles. The first-order chi connectivity index (χ1) is 13.9. The number of nitro benzene ring substituents is 1. The summed E-state index contributed by atoms with van der Waals surface area (Å²) in [5.74, 6) is 1.51. The number of halogens is 1. The summed E-state index contributed by atoms with van der Waals surface area (Å²) < 4.78 is 5.67. The minimum atomic E-state index is -0.566. The third kappa shape index (κ3) is 5.54. The first-order valence-corrected chi connectivity index (χ1v) is 9.77. The van der Waals surface area contributed by atoms with Gasteiger partial charge in [-0.1, -0.05) is 11.6 Å². The number of carbonyl (C=O) groups is 1. The molecule has 9 nitrogen and oxygen atoms in total. The molecule has 0 aliphatic carbocycles. The molecule has 1 aliphatic rings. The second-order valence-electron chi connectivity index (χ2n) is 6.68. The van der Waals surface area contributed by atoms with E-state index in [0.717, 1.165) is 37.8 Å². The summed E-state index contributed by atoms with van der Waals surface area (Å²) in [6.07, 6.45) is 3.54. The molecule has 154 valence electrons. The number of aromatic nitrogens is 2. The smallest absolute Gasteiger partial charge is 0.270 e. The number of non-ortho nitro benzene ring substituents is 1. The van der Waals surface area contributed by atoms with Gasteiger partial charge in [0.05, 0.1) is 22.1 Å². The molecular formula is C19H22ClN5O4. The van der Waals surface area contributed by atoms with Crippen molar-refractivity contribution in [1.82, 2.24) is 15.3 Å². The topological polar surface area (TPSA) is 110 Å². The molecule has 1 aromatic carbocycles. The molecule has 0 unspecified atom stereocenters. The Bertz CT molecular complexity index is 902. The molecule has 0 atom stereocenters. The molecule has 1 amide bonds. The van der Waals surface area contributed by atoms with Crippen molar-refractivity contribution in [2.75, 3.05) is 31.1 Å². The number of ether oxygens (including phenoxy) is 1. The maximum Gasteiger partial charge on any atom is 0.270 e. The molecule has 0 radical (unpaired) electrons. The fourth-order valence-corrected chi connectivity index (χ4v) is 3.36. The van der Waals surface area contributed by atoms with Gasteiger partial charge in [0.2, 0.25) is 5.88 Å². The number of nitrogens with zero attached hydrogens (tertiary/aromatic N) is 4. The van der Waals surface area contributed by atoms with E-state index in [0.29, 0.717) is 11.7 Å². The number of nitrogens with one attached hydrogen (secondary N) is 1. The highest BCUT2D eigenvalue weighted by molar-refractivity contribution is 6.34. The van der Waals surface area contributed by atoms with Gasteiger partial charge in [-0.3, -0.25) is 14.9 Å². The van der Waals surface area contributed by atoms with Crippen LogP contribution in [-0.2, 0) is 0 Å². The molecule has 0 bridgehead atoms. The standard InChI is InChI=1S/C19H22ClN5O4/c1-13-22-17(24-8-3-2-4-9-24)12-18(23-13)29-10-7-21-19(26)15-6-5-14(25(27)28)11-16(15)20/h5-6,11-12H,2-4,7-10H2,1H3,(H,21,26). The highest BCUT2D eigenvalue weighted by Crippen LogP contribution is 2.23. The number of benzene rings is 1. The number of nitro groups is 1. The van der Waals surface area contributed by atoms with E-state index >= 15 is 0 Å². The number of hydrogen-bond donors (Lipinski definition) is 1. The number of aryl methyl sites for hydroxylation is 1. The Labute approximate surface area is 173 Å². The monoisotopic (exact) mass is 419 g/mol. The van der Waals surface area contributed by atoms with Gasteiger partial charge in [-0.2, -0.15) is 4.98 Å². The summed E-state index contributed by atoms with van der Waals surface area (Å²) in [6, 6.07) is 5.53. The summed E-state index contributed by atoms with van der Waals surface area (Å²) in [7, 11) is 0. The van der Waals surface area contributed by atoms with E-state index < -0.39 is 10.8 Å². The lowest BCUT2D eigenvalue weighted by Crippen LogP contribution is -2.30. The van der Waals surface area contributed by atoms with Crippen molar-refractivity contribution in [2.45, 2.75) is 26.2 Å². The van der Waals surface area contributed by atoms with Gasteiger partial charge >= 0.3 is 0 Å². The molecule has 1 fully saturated rings. The fraction of sp³-hybridized carbons (Fsp3) is 0.421. The van der Waals surface area contributed by atoms with Crippen molar-refractivity contribution in [3.63, 3.8) is 0 Å². The average molecular weight is 420 g/mol. The molecule has 10 heteroatoms. The molecule has 2 aromatic rings. The largest absolute Gasteiger partial charge is 0.476 e. The van der Waals surface area contributed by atoms with Crippen molar-refractivity contribution < 1.29 is 14.5 Å². The second kappa shape index (κ2) is 9.51. The van der Waals surface area contributed by atoms with Crippen molar-refractivity contribution in [3.05, 3.63) is 50.8 Å². The SMILES string of the molecule is Cc1nc(OCCNC(=O)c2ccc([N+](=O)[O-])cc2Cl)cc(N2CCCCC2)n1. The summed E-state index contributed by atoms with van der Waals surface area (Å²) in [4.78, 5) is 33.4. The van der Waals surface area contributed by atoms with Crippen LogP contribution in [0.1, 0.15) is 35.4 Å². The van der Waals surface area contributed by atoms with Crippen LogP contribution >= 0.6 is 11.6 Å². The van der Waals surface area contributed by atoms with Crippen LogP contribution in [0.25, 0.3) is 0 Å². The number of anilines is 1. The lowest BCUT2D eigenvalue weighted by Gasteiger charge is -2.28. The van der Waals surface area contributed by atoms with Crippen LogP contribution in [0, 0.1) is 17.0 Å². The van der Waals surface area contributed by atoms with Gasteiger partial charge in [-0.05, 0) is 32.3 Å². The quantitative estimate of drug-likeness (QED) is 0.417. The molecule has 0 spiro atoms. The zero-order valence-corrected chi connectivity index (χ0v) is 16.8. The lowest BCUT2D eigenvalue weighted by molar-refractivity contribution is -0.384. The Kier molecular flexibility index (Phi) is 6.82. The van der Waals surface area contributed by atoms with Gasteiger partial charge in [-0.15, -0.1) is 0 Å². The highest BCUT2D eigenvalue weighted by atomic mass is 35.5. The summed E-state index contributed by atoms with van der Waals surface area (Å²) in [5.41, 5.74) is 0.000978. The van der Waals surface area contributed by atoms with E-state index in [1.54, 1.807) is 0 Å². The van der Waals surface area contributed by atoms with Crippen LogP contribution in [0.3, 0.4) is 0 Å².